The molecule has 1 aliphatic carbocycles. The van der Waals surface area contributed by atoms with Gasteiger partial charge < -0.3 is 10.1 Å². The van der Waals surface area contributed by atoms with Crippen molar-refractivity contribution in [3.05, 3.63) is 20.8 Å². The molecule has 0 aromatic carbocycles. The SMILES string of the molecule is CC(C)CCOCCNC1CCc2sc(Cl)cc21. The van der Waals surface area contributed by atoms with E-state index < -0.39 is 0 Å². The summed E-state index contributed by atoms with van der Waals surface area (Å²) >= 11 is 7.77. The minimum absolute atomic E-state index is 0.484. The Hall–Kier alpha value is -0.0900. The molecule has 0 amide bonds. The fourth-order valence-corrected chi connectivity index (χ4v) is 3.63. The molecule has 0 bridgehead atoms. The Morgan fingerprint density at radius 1 is 1.50 bits per heavy atom. The first-order valence-electron chi connectivity index (χ1n) is 6.76. The Labute approximate surface area is 119 Å². The van der Waals surface area contributed by atoms with Crippen LogP contribution >= 0.6 is 22.9 Å². The average molecular weight is 288 g/mol. The maximum atomic E-state index is 6.04. The first-order valence-corrected chi connectivity index (χ1v) is 7.95. The van der Waals surface area contributed by atoms with Gasteiger partial charge >= 0.3 is 0 Å². The summed E-state index contributed by atoms with van der Waals surface area (Å²) in [5, 5.41) is 3.56. The molecule has 102 valence electrons. The highest BCUT2D eigenvalue weighted by molar-refractivity contribution is 7.16. The van der Waals surface area contributed by atoms with Crippen LogP contribution < -0.4 is 5.32 Å². The largest absolute Gasteiger partial charge is 0.380 e. The van der Waals surface area contributed by atoms with E-state index in [9.17, 15) is 0 Å². The zero-order valence-corrected chi connectivity index (χ0v) is 12.7. The topological polar surface area (TPSA) is 21.3 Å². The van der Waals surface area contributed by atoms with Gasteiger partial charge in [-0.25, -0.2) is 0 Å². The number of hydrogen-bond acceptors (Lipinski definition) is 3. The Balaban J connectivity index is 1.63. The third-order valence-electron chi connectivity index (χ3n) is 3.32. The van der Waals surface area contributed by atoms with E-state index in [1.807, 2.05) is 0 Å². The van der Waals surface area contributed by atoms with E-state index in [1.54, 1.807) is 11.3 Å². The van der Waals surface area contributed by atoms with Crippen LogP contribution in [0.15, 0.2) is 6.07 Å². The van der Waals surface area contributed by atoms with E-state index >= 15 is 0 Å². The first kappa shape index (κ1) is 14.3. The second-order valence-corrected chi connectivity index (χ2v) is 7.04. The van der Waals surface area contributed by atoms with Gasteiger partial charge in [-0.1, -0.05) is 25.4 Å². The van der Waals surface area contributed by atoms with E-state index in [0.29, 0.717) is 6.04 Å². The lowest BCUT2D eigenvalue weighted by atomic mass is 10.1. The lowest BCUT2D eigenvalue weighted by Crippen LogP contribution is -2.23. The van der Waals surface area contributed by atoms with Crippen LogP contribution in [-0.4, -0.2) is 19.8 Å². The summed E-state index contributed by atoms with van der Waals surface area (Å²) < 4.78 is 6.53. The number of thiophene rings is 1. The van der Waals surface area contributed by atoms with Gasteiger partial charge in [-0.2, -0.15) is 0 Å². The molecule has 1 aromatic rings. The highest BCUT2D eigenvalue weighted by Gasteiger charge is 2.24. The van der Waals surface area contributed by atoms with Crippen LogP contribution in [0.3, 0.4) is 0 Å². The molecule has 1 aromatic heterocycles. The van der Waals surface area contributed by atoms with Crippen molar-refractivity contribution in [1.82, 2.24) is 5.32 Å². The minimum Gasteiger partial charge on any atom is -0.380 e. The number of fused-ring (bicyclic) bond motifs is 1. The molecule has 1 aliphatic rings. The van der Waals surface area contributed by atoms with Gasteiger partial charge in [-0.3, -0.25) is 0 Å². The molecule has 0 spiro atoms. The fourth-order valence-electron chi connectivity index (χ4n) is 2.27. The Morgan fingerprint density at radius 2 is 2.33 bits per heavy atom. The van der Waals surface area contributed by atoms with Crippen LogP contribution in [0.4, 0.5) is 0 Å². The van der Waals surface area contributed by atoms with Crippen LogP contribution in [0.25, 0.3) is 0 Å². The predicted octanol–water partition coefficient (Wildman–Crippen LogP) is 4.04. The average Bonchev–Trinajstić information content (AvgIpc) is 2.83. The maximum absolute atomic E-state index is 6.04. The molecule has 0 saturated heterocycles. The van der Waals surface area contributed by atoms with E-state index in [4.69, 9.17) is 16.3 Å². The van der Waals surface area contributed by atoms with Crippen LogP contribution in [0.2, 0.25) is 4.34 Å². The summed E-state index contributed by atoms with van der Waals surface area (Å²) in [7, 11) is 0. The molecular formula is C14H22ClNOS. The van der Waals surface area contributed by atoms with E-state index in [1.165, 1.54) is 23.3 Å². The number of rotatable bonds is 7. The van der Waals surface area contributed by atoms with E-state index in [2.05, 4.69) is 25.2 Å². The van der Waals surface area contributed by atoms with Crippen molar-refractivity contribution in [3.63, 3.8) is 0 Å². The Bertz CT molecular complexity index is 378. The molecule has 2 rings (SSSR count). The van der Waals surface area contributed by atoms with Gasteiger partial charge in [0.15, 0.2) is 0 Å². The lowest BCUT2D eigenvalue weighted by Gasteiger charge is -2.13. The summed E-state index contributed by atoms with van der Waals surface area (Å²) in [6.07, 6.45) is 3.51. The quantitative estimate of drug-likeness (QED) is 0.764. The molecule has 1 N–H and O–H groups in total. The molecule has 0 radical (unpaired) electrons. The second kappa shape index (κ2) is 6.90. The number of nitrogens with one attached hydrogen (secondary N) is 1. The fraction of sp³-hybridized carbons (Fsp3) is 0.714. The summed E-state index contributed by atoms with van der Waals surface area (Å²) in [6.45, 7) is 7.05. The highest BCUT2D eigenvalue weighted by Crippen LogP contribution is 2.39. The molecular weight excluding hydrogens is 266 g/mol. The van der Waals surface area contributed by atoms with Crippen molar-refractivity contribution in [1.29, 1.82) is 0 Å². The van der Waals surface area contributed by atoms with Gasteiger partial charge in [0.05, 0.1) is 10.9 Å². The van der Waals surface area contributed by atoms with Gasteiger partial charge in [0.2, 0.25) is 0 Å². The summed E-state index contributed by atoms with van der Waals surface area (Å²) in [6, 6.07) is 2.60. The molecule has 2 nitrogen and oxygen atoms in total. The number of hydrogen-bond donors (Lipinski definition) is 1. The van der Waals surface area contributed by atoms with Gasteiger partial charge in [-0.15, -0.1) is 11.3 Å². The molecule has 1 heterocycles. The lowest BCUT2D eigenvalue weighted by molar-refractivity contribution is 0.123. The molecule has 0 saturated carbocycles. The molecule has 0 aliphatic heterocycles. The van der Waals surface area contributed by atoms with Crippen molar-refractivity contribution in [3.8, 4) is 0 Å². The molecule has 1 unspecified atom stereocenters. The summed E-state index contributed by atoms with van der Waals surface area (Å²) in [5.41, 5.74) is 1.41. The first-order chi connectivity index (χ1) is 8.66. The predicted molar refractivity (Wildman–Crippen MR) is 78.7 cm³/mol. The minimum atomic E-state index is 0.484. The number of aryl methyl sites for hydroxylation is 1. The summed E-state index contributed by atoms with van der Waals surface area (Å²) in [5.74, 6) is 0.725. The second-order valence-electron chi connectivity index (χ2n) is 5.27. The smallest absolute Gasteiger partial charge is 0.0934 e. The normalized spacial score (nSPS) is 18.6. The van der Waals surface area contributed by atoms with Gasteiger partial charge in [-0.05, 0) is 36.8 Å². The van der Waals surface area contributed by atoms with Crippen molar-refractivity contribution < 1.29 is 4.74 Å². The molecule has 4 heteroatoms. The number of halogens is 1. The van der Waals surface area contributed by atoms with Gasteiger partial charge in [0.1, 0.15) is 0 Å². The Kier molecular flexibility index (Phi) is 5.49. The maximum Gasteiger partial charge on any atom is 0.0934 e. The van der Waals surface area contributed by atoms with Crippen molar-refractivity contribution in [2.45, 2.75) is 39.2 Å². The molecule has 1 atom stereocenters. The van der Waals surface area contributed by atoms with Crippen LogP contribution in [0.5, 0.6) is 0 Å². The monoisotopic (exact) mass is 287 g/mol. The molecule has 0 fully saturated rings. The zero-order valence-electron chi connectivity index (χ0n) is 11.2. The third kappa shape index (κ3) is 3.95. The van der Waals surface area contributed by atoms with Crippen LogP contribution in [-0.2, 0) is 11.2 Å². The van der Waals surface area contributed by atoms with E-state index in [-0.39, 0.29) is 0 Å². The van der Waals surface area contributed by atoms with E-state index in [0.717, 1.165) is 36.4 Å². The summed E-state index contributed by atoms with van der Waals surface area (Å²) in [4.78, 5) is 1.46. The highest BCUT2D eigenvalue weighted by atomic mass is 35.5. The third-order valence-corrected chi connectivity index (χ3v) is 4.66. The van der Waals surface area contributed by atoms with Gasteiger partial charge in [0.25, 0.3) is 0 Å². The van der Waals surface area contributed by atoms with Crippen molar-refractivity contribution >= 4 is 22.9 Å². The number of ether oxygens (including phenoxy) is 1. The van der Waals surface area contributed by atoms with Crippen LogP contribution in [0, 0.1) is 5.92 Å². The van der Waals surface area contributed by atoms with Crippen molar-refractivity contribution in [2.75, 3.05) is 19.8 Å². The van der Waals surface area contributed by atoms with Crippen LogP contribution in [0.1, 0.15) is 43.2 Å². The van der Waals surface area contributed by atoms with Gasteiger partial charge in [0, 0.05) is 24.1 Å². The van der Waals surface area contributed by atoms with Crippen molar-refractivity contribution in [2.24, 2.45) is 5.92 Å². The Morgan fingerprint density at radius 3 is 3.11 bits per heavy atom. The molecule has 18 heavy (non-hydrogen) atoms. The standard InChI is InChI=1S/C14H22ClNOS/c1-10(2)5-7-17-8-6-16-12-3-4-13-11(12)9-14(15)18-13/h9-10,12,16H,3-8H2,1-2H3. The zero-order chi connectivity index (χ0) is 13.0.